The molecule has 4 rings (SSSR count). The van der Waals surface area contributed by atoms with Gasteiger partial charge in [-0.2, -0.15) is 5.10 Å². The van der Waals surface area contributed by atoms with Crippen molar-refractivity contribution in [2.45, 2.75) is 44.8 Å². The average molecular weight is 382 g/mol. The maximum Gasteiger partial charge on any atom is 0.266 e. The Morgan fingerprint density at radius 3 is 2.61 bits per heavy atom. The summed E-state index contributed by atoms with van der Waals surface area (Å²) < 4.78 is 7.14. The van der Waals surface area contributed by atoms with E-state index in [0.717, 1.165) is 56.6 Å². The van der Waals surface area contributed by atoms with Gasteiger partial charge in [-0.15, -0.1) is 0 Å². The van der Waals surface area contributed by atoms with Crippen LogP contribution in [0.25, 0.3) is 11.3 Å². The van der Waals surface area contributed by atoms with Crippen molar-refractivity contribution in [1.82, 2.24) is 19.7 Å². The van der Waals surface area contributed by atoms with E-state index in [2.05, 4.69) is 10.1 Å². The van der Waals surface area contributed by atoms with Gasteiger partial charge in [0, 0.05) is 50.3 Å². The predicted octanol–water partition coefficient (Wildman–Crippen LogP) is 2.11. The first-order valence-corrected chi connectivity index (χ1v) is 10.1. The van der Waals surface area contributed by atoms with E-state index in [9.17, 15) is 9.59 Å². The van der Waals surface area contributed by atoms with E-state index >= 15 is 0 Å². The van der Waals surface area contributed by atoms with Gasteiger partial charge in [0.1, 0.15) is 0 Å². The van der Waals surface area contributed by atoms with Crippen LogP contribution < -0.4 is 5.56 Å². The van der Waals surface area contributed by atoms with Crippen molar-refractivity contribution in [3.05, 3.63) is 47.0 Å². The number of pyridine rings is 1. The van der Waals surface area contributed by atoms with Gasteiger partial charge in [-0.25, -0.2) is 4.68 Å². The second-order valence-corrected chi connectivity index (χ2v) is 7.64. The molecule has 1 amide bonds. The van der Waals surface area contributed by atoms with Gasteiger partial charge in [-0.05, 0) is 49.8 Å². The summed E-state index contributed by atoms with van der Waals surface area (Å²) in [6.07, 6.45) is 7.87. The molecule has 2 aromatic heterocycles. The molecule has 2 aliphatic heterocycles. The van der Waals surface area contributed by atoms with E-state index in [1.807, 2.05) is 17.0 Å². The molecular weight excluding hydrogens is 356 g/mol. The first kappa shape index (κ1) is 18.8. The SMILES string of the molecule is O=C(CC1CCCO1)N1CCC(Cn2nc(-c3ccncc3)ccc2=O)CC1. The number of rotatable bonds is 5. The van der Waals surface area contributed by atoms with Crippen LogP contribution in [0.1, 0.15) is 32.1 Å². The third-order valence-electron chi connectivity index (χ3n) is 5.67. The van der Waals surface area contributed by atoms with E-state index in [0.29, 0.717) is 18.9 Å². The Labute approximate surface area is 164 Å². The molecule has 7 nitrogen and oxygen atoms in total. The molecule has 0 spiro atoms. The lowest BCUT2D eigenvalue weighted by Gasteiger charge is -2.32. The number of amides is 1. The van der Waals surface area contributed by atoms with E-state index in [1.54, 1.807) is 29.2 Å². The van der Waals surface area contributed by atoms with Gasteiger partial charge >= 0.3 is 0 Å². The van der Waals surface area contributed by atoms with Crippen molar-refractivity contribution in [3.63, 3.8) is 0 Å². The highest BCUT2D eigenvalue weighted by Crippen LogP contribution is 2.22. The lowest BCUT2D eigenvalue weighted by Crippen LogP contribution is -2.41. The Bertz CT molecular complexity index is 853. The fourth-order valence-corrected chi connectivity index (χ4v) is 4.00. The van der Waals surface area contributed by atoms with E-state index in [4.69, 9.17) is 4.74 Å². The van der Waals surface area contributed by atoms with Crippen LogP contribution in [0.3, 0.4) is 0 Å². The number of hydrogen-bond donors (Lipinski definition) is 0. The number of aromatic nitrogens is 3. The highest BCUT2D eigenvalue weighted by Gasteiger charge is 2.26. The summed E-state index contributed by atoms with van der Waals surface area (Å²) in [5.41, 5.74) is 1.62. The minimum atomic E-state index is -0.0882. The minimum Gasteiger partial charge on any atom is -0.378 e. The fraction of sp³-hybridized carbons (Fsp3) is 0.524. The zero-order chi connectivity index (χ0) is 19.3. The van der Waals surface area contributed by atoms with Gasteiger partial charge in [0.25, 0.3) is 5.56 Å². The Morgan fingerprint density at radius 2 is 1.89 bits per heavy atom. The third kappa shape index (κ3) is 4.47. The third-order valence-corrected chi connectivity index (χ3v) is 5.67. The van der Waals surface area contributed by atoms with Gasteiger partial charge in [0.15, 0.2) is 0 Å². The second kappa shape index (κ2) is 8.65. The van der Waals surface area contributed by atoms with Crippen LogP contribution in [0.4, 0.5) is 0 Å². The normalized spacial score (nSPS) is 20.4. The molecule has 1 unspecified atom stereocenters. The fourth-order valence-electron chi connectivity index (χ4n) is 4.00. The molecule has 0 saturated carbocycles. The van der Waals surface area contributed by atoms with Crippen LogP contribution in [0, 0.1) is 5.92 Å². The molecule has 0 aliphatic carbocycles. The lowest BCUT2D eigenvalue weighted by atomic mass is 9.96. The Hall–Kier alpha value is -2.54. The number of piperidine rings is 1. The molecule has 148 valence electrons. The molecule has 2 fully saturated rings. The Balaban J connectivity index is 1.34. The number of hydrogen-bond acceptors (Lipinski definition) is 5. The van der Waals surface area contributed by atoms with Crippen LogP contribution in [-0.2, 0) is 16.1 Å². The number of carbonyl (C=O) groups excluding carboxylic acids is 1. The van der Waals surface area contributed by atoms with Crippen LogP contribution in [0.15, 0.2) is 41.5 Å². The van der Waals surface area contributed by atoms with Crippen LogP contribution in [0.5, 0.6) is 0 Å². The highest BCUT2D eigenvalue weighted by atomic mass is 16.5. The summed E-state index contributed by atoms with van der Waals surface area (Å²) >= 11 is 0. The molecule has 28 heavy (non-hydrogen) atoms. The standard InChI is InChI=1S/C21H26N4O3/c26-20-4-3-19(17-5-9-22-10-6-17)23-25(20)15-16-7-11-24(12-8-16)21(27)14-18-2-1-13-28-18/h3-6,9-10,16,18H,1-2,7-8,11-15H2. The Kier molecular flexibility index (Phi) is 5.81. The predicted molar refractivity (Wildman–Crippen MR) is 105 cm³/mol. The first-order chi connectivity index (χ1) is 13.7. The van der Waals surface area contributed by atoms with Crippen molar-refractivity contribution in [1.29, 1.82) is 0 Å². The largest absolute Gasteiger partial charge is 0.378 e. The molecule has 7 heteroatoms. The molecule has 0 N–H and O–H groups in total. The molecule has 2 saturated heterocycles. The first-order valence-electron chi connectivity index (χ1n) is 10.1. The van der Waals surface area contributed by atoms with Gasteiger partial charge in [0.05, 0.1) is 18.2 Å². The summed E-state index contributed by atoms with van der Waals surface area (Å²) in [7, 11) is 0. The highest BCUT2D eigenvalue weighted by molar-refractivity contribution is 5.76. The topological polar surface area (TPSA) is 77.3 Å². The quantitative estimate of drug-likeness (QED) is 0.792. The maximum atomic E-state index is 12.4. The molecule has 0 bridgehead atoms. The van der Waals surface area contributed by atoms with Crippen LogP contribution in [0.2, 0.25) is 0 Å². The summed E-state index contributed by atoms with van der Waals surface area (Å²) in [6.45, 7) is 2.86. The number of carbonyl (C=O) groups is 1. The summed E-state index contributed by atoms with van der Waals surface area (Å²) in [5.74, 6) is 0.546. The summed E-state index contributed by atoms with van der Waals surface area (Å²) in [6, 6.07) is 7.09. The number of ether oxygens (including phenoxy) is 1. The smallest absolute Gasteiger partial charge is 0.266 e. The van der Waals surface area contributed by atoms with Gasteiger partial charge in [-0.3, -0.25) is 14.6 Å². The lowest BCUT2D eigenvalue weighted by molar-refractivity contribution is -0.134. The molecule has 2 aromatic rings. The molecular formula is C21H26N4O3. The zero-order valence-electron chi connectivity index (χ0n) is 16.0. The van der Waals surface area contributed by atoms with Gasteiger partial charge in [-0.1, -0.05) is 0 Å². The van der Waals surface area contributed by atoms with E-state index in [1.165, 1.54) is 0 Å². The minimum absolute atomic E-state index is 0.0882. The number of nitrogens with zero attached hydrogens (tertiary/aromatic N) is 4. The van der Waals surface area contributed by atoms with E-state index in [-0.39, 0.29) is 17.6 Å². The van der Waals surface area contributed by atoms with Crippen LogP contribution >= 0.6 is 0 Å². The molecule has 0 aromatic carbocycles. The van der Waals surface area contributed by atoms with Gasteiger partial charge in [0.2, 0.25) is 5.91 Å². The maximum absolute atomic E-state index is 12.4. The van der Waals surface area contributed by atoms with Crippen molar-refractivity contribution in [2.75, 3.05) is 19.7 Å². The van der Waals surface area contributed by atoms with Crippen molar-refractivity contribution in [3.8, 4) is 11.3 Å². The van der Waals surface area contributed by atoms with E-state index < -0.39 is 0 Å². The molecule has 2 aliphatic rings. The van der Waals surface area contributed by atoms with Crippen molar-refractivity contribution in [2.24, 2.45) is 5.92 Å². The summed E-state index contributed by atoms with van der Waals surface area (Å²) in [4.78, 5) is 30.7. The Morgan fingerprint density at radius 1 is 1.11 bits per heavy atom. The average Bonchev–Trinajstić information content (AvgIpc) is 3.24. The molecule has 0 radical (unpaired) electrons. The second-order valence-electron chi connectivity index (χ2n) is 7.64. The van der Waals surface area contributed by atoms with Gasteiger partial charge < -0.3 is 9.64 Å². The van der Waals surface area contributed by atoms with Crippen LogP contribution in [-0.4, -0.2) is 51.4 Å². The molecule has 1 atom stereocenters. The number of likely N-dealkylation sites (tertiary alicyclic amines) is 1. The monoisotopic (exact) mass is 382 g/mol. The van der Waals surface area contributed by atoms with Crippen molar-refractivity contribution >= 4 is 5.91 Å². The zero-order valence-corrected chi connectivity index (χ0v) is 16.0. The molecule has 4 heterocycles. The summed E-state index contributed by atoms with van der Waals surface area (Å²) in [5, 5.41) is 4.54. The van der Waals surface area contributed by atoms with Crippen molar-refractivity contribution < 1.29 is 9.53 Å².